The number of pyridine rings is 7. The van der Waals surface area contributed by atoms with Crippen molar-refractivity contribution in [1.29, 1.82) is 0 Å². The van der Waals surface area contributed by atoms with Crippen LogP contribution in [-0.2, 0) is 40.1 Å². The third-order valence-corrected chi connectivity index (χ3v) is 31.8. The van der Waals surface area contributed by atoms with E-state index in [2.05, 4.69) is 124 Å². The Labute approximate surface area is 832 Å². The molecule has 15 rings (SSSR count). The van der Waals surface area contributed by atoms with Crippen molar-refractivity contribution in [2.24, 2.45) is 41.4 Å². The minimum Gasteiger partial charge on any atom is -0.494 e. The molecule has 0 bridgehead atoms. The number of amides is 4. The van der Waals surface area contributed by atoms with Gasteiger partial charge in [0.15, 0.2) is 10.8 Å². The van der Waals surface area contributed by atoms with Crippen molar-refractivity contribution in [2.45, 2.75) is 237 Å². The molecule has 1 aliphatic carbocycles. The standard InChI is InChI=1S/C27H38N4O4S.C26H30FN5O4S.C26H31N5O3S.C24H33FN4O4S/c1-19-16-27(3,4)31(17-19)25-22(12-9-15-28-25)26(32)30-36(33,34)24-14-8-13-23(29-24)35-18-20(2)21-10-6-5-7-11-21;1-5-36-19-12-17(11-18(27)13-19)21-9-8-20(24(30-21)32-15-16(2)14-26(32,3)4)25(33)31-37(34,35)22-7-6-10-29-23(22)28;1-16-14-26(4,5)31(15-16)24-20(10-11-21(29-24)19-9-8-17(2)18(3)13-19)25(32)30-35(33,34)22-7-6-12-28-23(22)27;1-14(2)16(4)33-23-20(25)11-19(21(27-23)29-13-15(3)12-24(29,5)6)22(30)28-34(31,32)18-9-7-8-17(26)10-18/h8-9,12-15,19-21H,5-7,10-11,16-18H2,1-4H3,(H,30,32);6-13,16H,5,14-15H2,1-4H3,(H2,28,29)(H,31,33);6-13,16H,14-15H2,1-5H3,(H2,27,28)(H,30,32);7-11,14-16H,12-13,26H2,1-6H3,(H,28,30)/t;2*16-;15-,16+/m.000/s1. The molecule has 0 spiro atoms. The fourth-order valence-electron chi connectivity index (χ4n) is 19.3. The molecule has 1 saturated carbocycles. The first kappa shape index (κ1) is 108. The first-order valence-electron chi connectivity index (χ1n) is 47.7. The largest absolute Gasteiger partial charge is 0.494 e. The Morgan fingerprint density at radius 3 is 1.39 bits per heavy atom. The normalized spacial score (nSPS) is 18.6. The number of aryl methyl sites for hydroxylation is 2. The Kier molecular flexibility index (Phi) is 33.5. The molecule has 762 valence electrons. The second-order valence-corrected chi connectivity index (χ2v) is 47.3. The molecule has 11 heterocycles. The summed E-state index contributed by atoms with van der Waals surface area (Å²) < 4.78 is 158. The molecule has 10 N–H and O–H groups in total. The van der Waals surface area contributed by atoms with Crippen molar-refractivity contribution in [3.63, 3.8) is 0 Å². The molecule has 7 aromatic heterocycles. The third kappa shape index (κ3) is 26.0. The molecule has 4 amide bonds. The van der Waals surface area contributed by atoms with Crippen molar-refractivity contribution in [3.05, 3.63) is 209 Å². The van der Waals surface area contributed by atoms with E-state index in [4.69, 9.17) is 41.4 Å². The summed E-state index contributed by atoms with van der Waals surface area (Å²) in [4.78, 5) is 90.7. The van der Waals surface area contributed by atoms with E-state index in [0.29, 0.717) is 103 Å². The first-order chi connectivity index (χ1) is 66.6. The van der Waals surface area contributed by atoms with Gasteiger partial charge in [-0.05, 0) is 271 Å². The Balaban J connectivity index is 0.000000169. The minimum absolute atomic E-state index is 0.0680. The number of sulfonamides is 4. The summed E-state index contributed by atoms with van der Waals surface area (Å²) in [6.45, 7) is 42.3. The summed E-state index contributed by atoms with van der Waals surface area (Å²) in [5, 5.41) is -0.251. The Hall–Kier alpha value is -12.8. The SMILES string of the molecule is CC(C)[C@@H](C)Oc1nc(N2C[C@@H](C)CC2(C)C)c(C(=O)NS(=O)(=O)c2cccc(N)c2)cc1F.CC1CN(c2ncccc2C(=O)NS(=O)(=O)c2cccc(OCC(C)C3CCCCC3)n2)C(C)(C)C1.CCOc1cc(F)cc(-c2ccc(C(=O)NS(=O)(=O)c3cccnc3N)c(N3C[C@@H](C)CC3(C)C)n2)c1.Cc1ccc(-c2ccc(C(=O)NS(=O)(=O)c3cccnc3N)c(N3C[C@@H](C)CC3(C)C)n2)cc1C. The molecule has 0 radical (unpaired) electrons. The van der Waals surface area contributed by atoms with Crippen LogP contribution in [0, 0.1) is 66.9 Å². The van der Waals surface area contributed by atoms with Crippen LogP contribution in [0.3, 0.4) is 0 Å². The second-order valence-electron chi connectivity index (χ2n) is 40.6. The van der Waals surface area contributed by atoms with E-state index in [1.54, 1.807) is 61.7 Å². The van der Waals surface area contributed by atoms with Gasteiger partial charge in [-0.3, -0.25) is 19.2 Å². The number of hydrogen-bond donors (Lipinski definition) is 7. The molecule has 4 aliphatic heterocycles. The predicted molar refractivity (Wildman–Crippen MR) is 546 cm³/mol. The maximum absolute atomic E-state index is 15.0. The van der Waals surface area contributed by atoms with Crippen molar-refractivity contribution >= 4 is 104 Å². The van der Waals surface area contributed by atoms with Gasteiger partial charge in [-0.15, -0.1) is 0 Å². The van der Waals surface area contributed by atoms with Gasteiger partial charge in [0.2, 0.25) is 5.88 Å². The van der Waals surface area contributed by atoms with E-state index >= 15 is 4.39 Å². The molecule has 3 aromatic carbocycles. The molecule has 10 aromatic rings. The number of rotatable bonds is 27. The summed E-state index contributed by atoms with van der Waals surface area (Å²) >= 11 is 0. The van der Waals surface area contributed by atoms with Crippen LogP contribution in [0.25, 0.3) is 22.5 Å². The van der Waals surface area contributed by atoms with Gasteiger partial charge in [-0.2, -0.15) is 18.4 Å². The van der Waals surface area contributed by atoms with E-state index in [0.717, 1.165) is 55.1 Å². The molecule has 6 atom stereocenters. The summed E-state index contributed by atoms with van der Waals surface area (Å²) in [6.07, 6.45) is 13.8. The van der Waals surface area contributed by atoms with E-state index in [1.807, 2.05) is 82.0 Å². The summed E-state index contributed by atoms with van der Waals surface area (Å²) in [5.74, 6) is -0.691. The minimum atomic E-state index is -4.30. The molecule has 2 unspecified atom stereocenters. The van der Waals surface area contributed by atoms with Crippen LogP contribution in [0.2, 0.25) is 0 Å². The van der Waals surface area contributed by atoms with Gasteiger partial charge in [-0.1, -0.05) is 105 Å². The number of nitrogens with two attached hydrogens (primary N) is 3. The number of nitrogens with zero attached hydrogens (tertiary/aromatic N) is 11. The molecule has 5 fully saturated rings. The number of carbonyl (C=O) groups excluding carboxylic acids is 4. The van der Waals surface area contributed by atoms with Crippen molar-refractivity contribution in [2.75, 3.05) is 76.2 Å². The zero-order chi connectivity index (χ0) is 104. The molecule has 33 nitrogen and oxygen atoms in total. The molecular formula is C103H132F2N18O15S4. The molecule has 142 heavy (non-hydrogen) atoms. The van der Waals surface area contributed by atoms with Crippen LogP contribution >= 0.6 is 0 Å². The van der Waals surface area contributed by atoms with Gasteiger partial charge in [0.25, 0.3) is 69.6 Å². The number of carbonyl (C=O) groups is 4. The number of benzene rings is 3. The molecule has 39 heteroatoms. The van der Waals surface area contributed by atoms with Gasteiger partial charge < -0.3 is 51.0 Å². The van der Waals surface area contributed by atoms with Crippen LogP contribution in [0.5, 0.6) is 17.5 Å². The van der Waals surface area contributed by atoms with Crippen molar-refractivity contribution in [1.82, 2.24) is 53.8 Å². The van der Waals surface area contributed by atoms with Crippen molar-refractivity contribution in [3.8, 4) is 40.0 Å². The number of nitrogen functional groups attached to an aromatic ring is 3. The Morgan fingerprint density at radius 2 is 0.915 bits per heavy atom. The van der Waals surface area contributed by atoms with Crippen LogP contribution in [0.1, 0.15) is 228 Å². The number of aromatic nitrogens is 7. The Morgan fingerprint density at radius 1 is 0.458 bits per heavy atom. The first-order valence-corrected chi connectivity index (χ1v) is 53.6. The fraction of sp³-hybridized carbons (Fsp3) is 0.447. The van der Waals surface area contributed by atoms with E-state index in [1.165, 1.54) is 123 Å². The lowest BCUT2D eigenvalue weighted by Gasteiger charge is -2.34. The van der Waals surface area contributed by atoms with Gasteiger partial charge in [0.1, 0.15) is 62.4 Å². The monoisotopic (exact) mass is 2030 g/mol. The average Bonchev–Trinajstić information content (AvgIpc) is 1.45. The lowest BCUT2D eigenvalue weighted by Crippen LogP contribution is -2.41. The summed E-state index contributed by atoms with van der Waals surface area (Å²) in [7, 11) is -17.0. The van der Waals surface area contributed by atoms with Gasteiger partial charge in [0, 0.05) is 95.9 Å². The highest BCUT2D eigenvalue weighted by molar-refractivity contribution is 7.91. The van der Waals surface area contributed by atoms with E-state index in [-0.39, 0.29) is 111 Å². The lowest BCUT2D eigenvalue weighted by atomic mass is 9.81. The van der Waals surface area contributed by atoms with Gasteiger partial charge >= 0.3 is 0 Å². The molecular weight excluding hydrogens is 1900 g/mol. The highest BCUT2D eigenvalue weighted by atomic mass is 32.2. The third-order valence-electron chi connectivity index (χ3n) is 26.4. The van der Waals surface area contributed by atoms with E-state index in [9.17, 15) is 57.2 Å². The number of ether oxygens (including phenoxy) is 3. The molecule has 5 aliphatic rings. The van der Waals surface area contributed by atoms with Gasteiger partial charge in [-0.25, -0.2) is 77.8 Å². The predicted octanol–water partition coefficient (Wildman–Crippen LogP) is 16.9. The number of hydrogen-bond acceptors (Lipinski definition) is 29. The van der Waals surface area contributed by atoms with Crippen LogP contribution in [0.15, 0.2) is 184 Å². The average molecular weight is 2030 g/mol. The van der Waals surface area contributed by atoms with Crippen molar-refractivity contribution < 1.29 is 75.8 Å². The highest BCUT2D eigenvalue weighted by Gasteiger charge is 2.45. The summed E-state index contributed by atoms with van der Waals surface area (Å²) in [6, 6.07) is 36.7. The topological polar surface area (TPSA) is 462 Å². The van der Waals surface area contributed by atoms with E-state index < -0.39 is 75.4 Å². The smallest absolute Gasteiger partial charge is 0.281 e. The molecule has 4 saturated heterocycles. The summed E-state index contributed by atoms with van der Waals surface area (Å²) in [5.41, 5.74) is 21.4. The van der Waals surface area contributed by atoms with Crippen LogP contribution in [-0.4, -0.2) is 160 Å². The fourth-order valence-corrected chi connectivity index (χ4v) is 23.3. The lowest BCUT2D eigenvalue weighted by molar-refractivity contribution is 0.0971. The number of halogens is 2. The number of nitrogens with one attached hydrogen (secondary N) is 4. The van der Waals surface area contributed by atoms with Gasteiger partial charge in [0.05, 0.1) is 51.8 Å². The quantitative estimate of drug-likeness (QED) is 0.0235. The Bertz CT molecular complexity index is 6810. The second kappa shape index (κ2) is 44.0. The zero-order valence-corrected chi connectivity index (χ0v) is 87.2. The van der Waals surface area contributed by atoms with Crippen LogP contribution < -0.4 is 69.9 Å². The zero-order valence-electron chi connectivity index (χ0n) is 84.0. The maximum Gasteiger partial charge on any atom is 0.281 e. The van der Waals surface area contributed by atoms with Crippen LogP contribution in [0.4, 0.5) is 49.4 Å². The maximum atomic E-state index is 15.0. The highest BCUT2D eigenvalue weighted by Crippen LogP contribution is 2.45. The number of anilines is 7.